The molecular formula is C18H18N4O3. The quantitative estimate of drug-likeness (QED) is 0.713. The third-order valence-electron chi connectivity index (χ3n) is 4.17. The van der Waals surface area contributed by atoms with Crippen molar-refractivity contribution in [2.24, 2.45) is 0 Å². The van der Waals surface area contributed by atoms with Gasteiger partial charge >= 0.3 is 0 Å². The van der Waals surface area contributed by atoms with Crippen LogP contribution in [0.15, 0.2) is 53.7 Å². The van der Waals surface area contributed by atoms with Crippen molar-refractivity contribution < 1.29 is 9.57 Å². The number of anilines is 1. The summed E-state index contributed by atoms with van der Waals surface area (Å²) in [5.41, 5.74) is 2.03. The van der Waals surface area contributed by atoms with E-state index in [1.807, 2.05) is 30.3 Å². The van der Waals surface area contributed by atoms with Gasteiger partial charge in [0.15, 0.2) is 5.65 Å². The van der Waals surface area contributed by atoms with Crippen LogP contribution in [-0.2, 0) is 11.3 Å². The molecule has 7 nitrogen and oxygen atoms in total. The van der Waals surface area contributed by atoms with Gasteiger partial charge in [0.05, 0.1) is 24.3 Å². The zero-order valence-electron chi connectivity index (χ0n) is 13.7. The Morgan fingerprint density at radius 3 is 2.76 bits per heavy atom. The SMILES string of the molecule is O=c1cc(N2CCOCC2)c2cncnc2n1OCc1ccccc1. The van der Waals surface area contributed by atoms with Crippen molar-refractivity contribution >= 4 is 16.7 Å². The number of rotatable bonds is 4. The molecule has 0 atom stereocenters. The predicted octanol–water partition coefficient (Wildman–Crippen LogP) is 1.26. The molecular weight excluding hydrogens is 320 g/mol. The lowest BCUT2D eigenvalue weighted by atomic mass is 10.2. The Morgan fingerprint density at radius 1 is 1.16 bits per heavy atom. The second-order valence-electron chi connectivity index (χ2n) is 5.78. The zero-order valence-corrected chi connectivity index (χ0v) is 13.7. The van der Waals surface area contributed by atoms with Crippen LogP contribution in [0.25, 0.3) is 11.0 Å². The Balaban J connectivity index is 1.73. The minimum Gasteiger partial charge on any atom is -0.404 e. The molecule has 3 heterocycles. The molecule has 0 bridgehead atoms. The number of hydrogen-bond acceptors (Lipinski definition) is 6. The number of hydrogen-bond donors (Lipinski definition) is 0. The molecule has 3 aromatic rings. The van der Waals surface area contributed by atoms with Gasteiger partial charge < -0.3 is 14.5 Å². The van der Waals surface area contributed by atoms with Crippen molar-refractivity contribution in [3.8, 4) is 0 Å². The average molecular weight is 338 g/mol. The normalized spacial score (nSPS) is 14.6. The van der Waals surface area contributed by atoms with Crippen molar-refractivity contribution in [1.29, 1.82) is 0 Å². The van der Waals surface area contributed by atoms with E-state index in [1.165, 1.54) is 11.1 Å². The maximum absolute atomic E-state index is 12.6. The Labute approximate surface area is 144 Å². The molecule has 1 aliphatic heterocycles. The van der Waals surface area contributed by atoms with Gasteiger partial charge in [-0.25, -0.2) is 9.97 Å². The lowest BCUT2D eigenvalue weighted by Gasteiger charge is -2.29. The molecule has 0 N–H and O–H groups in total. The molecule has 0 amide bonds. The fourth-order valence-corrected chi connectivity index (χ4v) is 2.93. The summed E-state index contributed by atoms with van der Waals surface area (Å²) >= 11 is 0. The highest BCUT2D eigenvalue weighted by Gasteiger charge is 2.18. The van der Waals surface area contributed by atoms with Crippen LogP contribution in [0.3, 0.4) is 0 Å². The summed E-state index contributed by atoms with van der Waals surface area (Å²) in [5.74, 6) is 0. The van der Waals surface area contributed by atoms with E-state index < -0.39 is 0 Å². The standard InChI is InChI=1S/C18H18N4O3/c23-17-10-16(21-6-8-24-9-7-21)15-11-19-13-20-18(15)22(17)25-12-14-4-2-1-3-5-14/h1-5,10-11,13H,6-9,12H2. The largest absolute Gasteiger partial charge is 0.404 e. The second kappa shape index (κ2) is 6.90. The van der Waals surface area contributed by atoms with Gasteiger partial charge in [-0.05, 0) is 5.56 Å². The number of benzene rings is 1. The number of nitrogens with zero attached hydrogens (tertiary/aromatic N) is 4. The van der Waals surface area contributed by atoms with Gasteiger partial charge in [-0.1, -0.05) is 30.3 Å². The Bertz CT molecular complexity index is 921. The van der Waals surface area contributed by atoms with Gasteiger partial charge in [-0.15, -0.1) is 4.73 Å². The van der Waals surface area contributed by atoms with Crippen LogP contribution in [0.4, 0.5) is 5.69 Å². The summed E-state index contributed by atoms with van der Waals surface area (Å²) in [6, 6.07) is 11.3. The Morgan fingerprint density at radius 2 is 1.96 bits per heavy atom. The smallest absolute Gasteiger partial charge is 0.287 e. The van der Waals surface area contributed by atoms with E-state index in [1.54, 1.807) is 12.3 Å². The number of pyridine rings is 1. The van der Waals surface area contributed by atoms with Crippen molar-refractivity contribution in [3.05, 3.63) is 64.8 Å². The van der Waals surface area contributed by atoms with E-state index in [-0.39, 0.29) is 12.2 Å². The zero-order chi connectivity index (χ0) is 17.1. The average Bonchev–Trinajstić information content (AvgIpc) is 2.68. The minimum atomic E-state index is -0.247. The molecule has 4 rings (SSSR count). The van der Waals surface area contributed by atoms with Crippen molar-refractivity contribution in [1.82, 2.24) is 14.7 Å². The van der Waals surface area contributed by atoms with Crippen LogP contribution in [-0.4, -0.2) is 41.0 Å². The van der Waals surface area contributed by atoms with Crippen molar-refractivity contribution in [2.45, 2.75) is 6.61 Å². The molecule has 25 heavy (non-hydrogen) atoms. The van der Waals surface area contributed by atoms with Gasteiger partial charge in [-0.3, -0.25) is 4.79 Å². The van der Waals surface area contributed by atoms with E-state index in [4.69, 9.17) is 9.57 Å². The monoisotopic (exact) mass is 338 g/mol. The third-order valence-corrected chi connectivity index (χ3v) is 4.17. The summed E-state index contributed by atoms with van der Waals surface area (Å²) < 4.78 is 6.64. The molecule has 128 valence electrons. The van der Waals surface area contributed by atoms with Gasteiger partial charge in [0.1, 0.15) is 12.9 Å². The molecule has 0 saturated carbocycles. The fourth-order valence-electron chi connectivity index (χ4n) is 2.93. The van der Waals surface area contributed by atoms with Crippen LogP contribution in [0.2, 0.25) is 0 Å². The van der Waals surface area contributed by atoms with Gasteiger partial charge in [0, 0.05) is 25.4 Å². The van der Waals surface area contributed by atoms with Gasteiger partial charge in [0.25, 0.3) is 5.56 Å². The highest BCUT2D eigenvalue weighted by atomic mass is 16.7. The lowest BCUT2D eigenvalue weighted by molar-refractivity contribution is 0.0978. The van der Waals surface area contributed by atoms with E-state index in [0.717, 1.165) is 29.7 Å². The highest BCUT2D eigenvalue weighted by molar-refractivity contribution is 5.88. The molecule has 2 aromatic heterocycles. The summed E-state index contributed by atoms with van der Waals surface area (Å²) in [7, 11) is 0. The molecule has 1 aliphatic rings. The van der Waals surface area contributed by atoms with E-state index >= 15 is 0 Å². The van der Waals surface area contributed by atoms with E-state index in [9.17, 15) is 4.79 Å². The highest BCUT2D eigenvalue weighted by Crippen LogP contribution is 2.23. The first-order chi connectivity index (χ1) is 12.3. The van der Waals surface area contributed by atoms with E-state index in [0.29, 0.717) is 18.9 Å². The Hall–Kier alpha value is -2.93. The molecule has 1 aromatic carbocycles. The lowest BCUT2D eigenvalue weighted by Crippen LogP contribution is -2.38. The summed E-state index contributed by atoms with van der Waals surface area (Å²) in [6.45, 7) is 3.04. The number of aromatic nitrogens is 3. The predicted molar refractivity (Wildman–Crippen MR) is 93.6 cm³/mol. The molecule has 0 radical (unpaired) electrons. The van der Waals surface area contributed by atoms with Crippen molar-refractivity contribution in [3.63, 3.8) is 0 Å². The van der Waals surface area contributed by atoms with E-state index in [2.05, 4.69) is 14.9 Å². The maximum Gasteiger partial charge on any atom is 0.287 e. The van der Waals surface area contributed by atoms with Crippen LogP contribution in [0.5, 0.6) is 0 Å². The Kier molecular flexibility index (Phi) is 4.30. The molecule has 0 unspecified atom stereocenters. The first kappa shape index (κ1) is 15.6. The summed E-state index contributed by atoms with van der Waals surface area (Å²) in [5, 5.41) is 0.789. The second-order valence-corrected chi connectivity index (χ2v) is 5.78. The minimum absolute atomic E-state index is 0.247. The molecule has 7 heteroatoms. The fraction of sp³-hybridized carbons (Fsp3) is 0.278. The van der Waals surface area contributed by atoms with Gasteiger partial charge in [0.2, 0.25) is 0 Å². The molecule has 1 fully saturated rings. The first-order valence-corrected chi connectivity index (χ1v) is 8.18. The topological polar surface area (TPSA) is 69.5 Å². The maximum atomic E-state index is 12.6. The summed E-state index contributed by atoms with van der Waals surface area (Å²) in [4.78, 5) is 28.9. The number of morpholine rings is 1. The first-order valence-electron chi connectivity index (χ1n) is 8.18. The van der Waals surface area contributed by atoms with Crippen LogP contribution >= 0.6 is 0 Å². The molecule has 0 spiro atoms. The van der Waals surface area contributed by atoms with Crippen molar-refractivity contribution in [2.75, 3.05) is 31.2 Å². The number of fused-ring (bicyclic) bond motifs is 1. The summed E-state index contributed by atoms with van der Waals surface area (Å²) in [6.07, 6.45) is 3.14. The third kappa shape index (κ3) is 3.18. The van der Waals surface area contributed by atoms with Gasteiger partial charge in [-0.2, -0.15) is 0 Å². The number of ether oxygens (including phenoxy) is 1. The molecule has 0 aliphatic carbocycles. The van der Waals surface area contributed by atoms with Crippen LogP contribution < -0.4 is 15.3 Å². The molecule has 1 saturated heterocycles. The van der Waals surface area contributed by atoms with Crippen LogP contribution in [0, 0.1) is 0 Å². The van der Waals surface area contributed by atoms with Crippen LogP contribution in [0.1, 0.15) is 5.56 Å².